The summed E-state index contributed by atoms with van der Waals surface area (Å²) < 4.78 is 0. The predicted molar refractivity (Wildman–Crippen MR) is 196 cm³/mol. The molecule has 0 amide bonds. The van der Waals surface area contributed by atoms with Crippen molar-refractivity contribution in [2.45, 2.75) is 6.92 Å². The highest BCUT2D eigenvalue weighted by atomic mass is 15.1. The number of hydrogen-bond acceptors (Lipinski definition) is 1. The minimum absolute atomic E-state index is 1.15. The molecule has 8 aromatic carbocycles. The van der Waals surface area contributed by atoms with E-state index >= 15 is 0 Å². The summed E-state index contributed by atoms with van der Waals surface area (Å²) in [6.07, 6.45) is 0. The summed E-state index contributed by atoms with van der Waals surface area (Å²) in [5.41, 5.74) is 15.2. The number of fused-ring (bicyclic) bond motifs is 6. The fourth-order valence-electron chi connectivity index (χ4n) is 7.38. The molecule has 8 aromatic rings. The van der Waals surface area contributed by atoms with Crippen molar-refractivity contribution in [2.75, 3.05) is 4.90 Å². The Balaban J connectivity index is 1.30. The smallest absolute Gasteiger partial charge is 0.0490 e. The van der Waals surface area contributed by atoms with E-state index in [0.717, 1.165) is 11.4 Å². The summed E-state index contributed by atoms with van der Waals surface area (Å²) in [5, 5.41) is 5.08. The van der Waals surface area contributed by atoms with E-state index in [1.807, 2.05) is 0 Å². The van der Waals surface area contributed by atoms with E-state index in [9.17, 15) is 0 Å². The first kappa shape index (κ1) is 26.5. The molecule has 0 bridgehead atoms. The second-order valence-electron chi connectivity index (χ2n) is 12.2. The number of hydrogen-bond donors (Lipinski definition) is 0. The number of anilines is 3. The molecule has 0 heterocycles. The second kappa shape index (κ2) is 10.6. The largest absolute Gasteiger partial charge is 0.310 e. The molecule has 0 aliphatic heterocycles. The van der Waals surface area contributed by atoms with Crippen LogP contribution in [-0.2, 0) is 0 Å². The van der Waals surface area contributed by atoms with Gasteiger partial charge in [-0.1, -0.05) is 127 Å². The third-order valence-corrected chi connectivity index (χ3v) is 9.47. The van der Waals surface area contributed by atoms with Gasteiger partial charge in [-0.05, 0) is 121 Å². The molecule has 0 N–H and O–H groups in total. The van der Waals surface area contributed by atoms with Gasteiger partial charge in [0.1, 0.15) is 0 Å². The van der Waals surface area contributed by atoms with Crippen LogP contribution in [0.2, 0.25) is 0 Å². The lowest BCUT2D eigenvalue weighted by Crippen LogP contribution is -2.11. The third kappa shape index (κ3) is 4.09. The lowest BCUT2D eigenvalue weighted by atomic mass is 9.70. The average molecular weight is 586 g/mol. The molecule has 1 aliphatic rings. The van der Waals surface area contributed by atoms with Crippen molar-refractivity contribution in [3.8, 4) is 44.5 Å². The Morgan fingerprint density at radius 3 is 1.46 bits per heavy atom. The van der Waals surface area contributed by atoms with Gasteiger partial charge >= 0.3 is 0 Å². The van der Waals surface area contributed by atoms with Crippen molar-refractivity contribution in [1.82, 2.24) is 0 Å². The predicted octanol–water partition coefficient (Wildman–Crippen LogP) is 12.8. The minimum atomic E-state index is 1.15. The zero-order valence-electron chi connectivity index (χ0n) is 25.6. The highest BCUT2D eigenvalue weighted by Gasteiger charge is 2.32. The zero-order chi connectivity index (χ0) is 30.6. The maximum Gasteiger partial charge on any atom is 0.0490 e. The third-order valence-electron chi connectivity index (χ3n) is 9.47. The van der Waals surface area contributed by atoms with Crippen molar-refractivity contribution in [3.63, 3.8) is 0 Å². The Morgan fingerprint density at radius 2 is 0.870 bits per heavy atom. The fourth-order valence-corrected chi connectivity index (χ4v) is 7.38. The first-order valence-corrected chi connectivity index (χ1v) is 16.0. The van der Waals surface area contributed by atoms with E-state index < -0.39 is 0 Å². The molecule has 0 saturated heterocycles. The van der Waals surface area contributed by atoms with Crippen LogP contribution in [0.25, 0.3) is 66.1 Å². The molecule has 0 unspecified atom stereocenters. The Morgan fingerprint density at radius 1 is 0.370 bits per heavy atom. The Kier molecular flexibility index (Phi) is 6.11. The van der Waals surface area contributed by atoms with Crippen molar-refractivity contribution in [2.24, 2.45) is 0 Å². The standard InChI is InChI=1S/C45H31N/c1-30-15-11-14-24-41(30)46(35-20-9-4-10-21-35)36-26-25-33-28-39-40(29-34(33)27-36)45-43(32-18-7-3-8-19-32)38-23-13-12-22-37(38)42(44(39)45)31-16-5-2-6-17-31/h2-29H,1H3. The molecule has 0 atom stereocenters. The second-order valence-corrected chi connectivity index (χ2v) is 12.2. The molecule has 46 heavy (non-hydrogen) atoms. The molecular weight excluding hydrogens is 555 g/mol. The van der Waals surface area contributed by atoms with E-state index in [4.69, 9.17) is 0 Å². The minimum Gasteiger partial charge on any atom is -0.310 e. The van der Waals surface area contributed by atoms with E-state index in [1.165, 1.54) is 77.3 Å². The van der Waals surface area contributed by atoms with Crippen molar-refractivity contribution in [3.05, 3.63) is 175 Å². The molecule has 216 valence electrons. The van der Waals surface area contributed by atoms with E-state index in [1.54, 1.807) is 0 Å². The van der Waals surface area contributed by atoms with Gasteiger partial charge in [-0.2, -0.15) is 0 Å². The van der Waals surface area contributed by atoms with Gasteiger partial charge in [0.15, 0.2) is 0 Å². The number of benzene rings is 8. The van der Waals surface area contributed by atoms with Gasteiger partial charge in [0.05, 0.1) is 0 Å². The summed E-state index contributed by atoms with van der Waals surface area (Å²) in [6, 6.07) is 61.8. The summed E-state index contributed by atoms with van der Waals surface area (Å²) in [4.78, 5) is 2.37. The molecule has 1 nitrogen and oxygen atoms in total. The number of para-hydroxylation sites is 2. The van der Waals surface area contributed by atoms with Gasteiger partial charge < -0.3 is 4.90 Å². The normalized spacial score (nSPS) is 11.6. The van der Waals surface area contributed by atoms with Crippen molar-refractivity contribution >= 4 is 38.6 Å². The molecule has 1 heteroatoms. The van der Waals surface area contributed by atoms with Crippen LogP contribution in [-0.4, -0.2) is 0 Å². The van der Waals surface area contributed by atoms with Crippen LogP contribution in [0.3, 0.4) is 0 Å². The zero-order valence-corrected chi connectivity index (χ0v) is 25.6. The van der Waals surface area contributed by atoms with Crippen LogP contribution in [0.1, 0.15) is 5.56 Å². The van der Waals surface area contributed by atoms with E-state index in [-0.39, 0.29) is 0 Å². The molecular formula is C45H31N. The lowest BCUT2D eigenvalue weighted by molar-refractivity contribution is 1.25. The van der Waals surface area contributed by atoms with Crippen LogP contribution in [0.15, 0.2) is 170 Å². The van der Waals surface area contributed by atoms with Crippen LogP contribution in [0, 0.1) is 6.92 Å². The molecule has 9 rings (SSSR count). The van der Waals surface area contributed by atoms with Crippen molar-refractivity contribution < 1.29 is 0 Å². The molecule has 1 aliphatic carbocycles. The maximum atomic E-state index is 2.42. The van der Waals surface area contributed by atoms with Gasteiger partial charge in [-0.3, -0.25) is 0 Å². The Labute approximate surface area is 269 Å². The maximum absolute atomic E-state index is 2.42. The lowest BCUT2D eigenvalue weighted by Gasteiger charge is -2.33. The quantitative estimate of drug-likeness (QED) is 0.194. The van der Waals surface area contributed by atoms with Gasteiger partial charge in [0.25, 0.3) is 0 Å². The molecule has 0 saturated carbocycles. The molecule has 0 fully saturated rings. The summed E-state index contributed by atoms with van der Waals surface area (Å²) in [7, 11) is 0. The van der Waals surface area contributed by atoms with Gasteiger partial charge in [0.2, 0.25) is 0 Å². The number of nitrogens with zero attached hydrogens (tertiary/aromatic N) is 1. The Hall–Kier alpha value is -5.92. The van der Waals surface area contributed by atoms with E-state index in [0.29, 0.717) is 0 Å². The monoisotopic (exact) mass is 585 g/mol. The van der Waals surface area contributed by atoms with Gasteiger partial charge in [0, 0.05) is 17.1 Å². The highest BCUT2D eigenvalue weighted by molar-refractivity contribution is 6.26. The van der Waals surface area contributed by atoms with Crippen LogP contribution in [0.4, 0.5) is 17.1 Å². The summed E-state index contributed by atoms with van der Waals surface area (Å²) in [6.45, 7) is 2.19. The topological polar surface area (TPSA) is 3.24 Å². The van der Waals surface area contributed by atoms with Gasteiger partial charge in [-0.15, -0.1) is 0 Å². The van der Waals surface area contributed by atoms with Crippen LogP contribution >= 0.6 is 0 Å². The SMILES string of the molecule is Cc1ccccc1N(c1ccccc1)c1ccc2cc3c(cc2c1)-c1c-3c(-c2ccccc2)c2ccccc2c1-c1ccccc1. The van der Waals surface area contributed by atoms with Crippen LogP contribution < -0.4 is 4.90 Å². The fraction of sp³-hybridized carbons (Fsp3) is 0.0222. The summed E-state index contributed by atoms with van der Waals surface area (Å²) in [5.74, 6) is 0. The highest BCUT2D eigenvalue weighted by Crippen LogP contribution is 2.59. The molecule has 0 radical (unpaired) electrons. The Bertz CT molecular complexity index is 2410. The van der Waals surface area contributed by atoms with Gasteiger partial charge in [-0.25, -0.2) is 0 Å². The first-order chi connectivity index (χ1) is 22.8. The van der Waals surface area contributed by atoms with Crippen LogP contribution in [0.5, 0.6) is 0 Å². The average Bonchev–Trinajstić information content (AvgIpc) is 3.12. The molecule has 0 aromatic heterocycles. The number of aryl methyl sites for hydroxylation is 1. The van der Waals surface area contributed by atoms with Crippen molar-refractivity contribution in [1.29, 1.82) is 0 Å². The first-order valence-electron chi connectivity index (χ1n) is 16.0. The number of rotatable bonds is 5. The van der Waals surface area contributed by atoms with E-state index in [2.05, 4.69) is 182 Å². The summed E-state index contributed by atoms with van der Waals surface area (Å²) >= 11 is 0. The molecule has 0 spiro atoms.